The molecule has 0 unspecified atom stereocenters. The number of para-hydroxylation sites is 1. The van der Waals surface area contributed by atoms with Gasteiger partial charge in [0.05, 0.1) is 54.3 Å². The first kappa shape index (κ1) is 22.1. The van der Waals surface area contributed by atoms with Crippen LogP contribution >= 0.6 is 11.6 Å². The van der Waals surface area contributed by atoms with Gasteiger partial charge in [0.1, 0.15) is 11.5 Å². The number of nitrogen functional groups attached to an aromatic ring is 1. The second-order valence-corrected chi connectivity index (χ2v) is 6.76. The van der Waals surface area contributed by atoms with Crippen LogP contribution in [0.2, 0.25) is 5.02 Å². The highest BCUT2D eigenvalue weighted by Gasteiger charge is 2.14. The summed E-state index contributed by atoms with van der Waals surface area (Å²) in [7, 11) is 3.16. The van der Waals surface area contributed by atoms with Crippen molar-refractivity contribution in [2.45, 2.75) is 13.2 Å². The number of hydrogen-bond acceptors (Lipinski definition) is 9. The van der Waals surface area contributed by atoms with Crippen molar-refractivity contribution >= 4 is 29.5 Å². The molecule has 0 aliphatic rings. The summed E-state index contributed by atoms with van der Waals surface area (Å²) >= 11 is 6.23. The topological polar surface area (TPSA) is 134 Å². The van der Waals surface area contributed by atoms with Crippen LogP contribution < -0.4 is 16.3 Å². The molecule has 3 rings (SSSR count). The third-order valence-electron chi connectivity index (χ3n) is 4.22. The van der Waals surface area contributed by atoms with Crippen LogP contribution in [0.15, 0.2) is 52.6 Å². The van der Waals surface area contributed by atoms with E-state index in [-0.39, 0.29) is 5.95 Å². The molecule has 0 bridgehead atoms. The molecule has 31 heavy (non-hydrogen) atoms. The number of ether oxygens (including phenoxy) is 2. The molecule has 0 saturated heterocycles. The fourth-order valence-corrected chi connectivity index (χ4v) is 3.14. The van der Waals surface area contributed by atoms with Gasteiger partial charge in [-0.2, -0.15) is 5.10 Å². The summed E-state index contributed by atoms with van der Waals surface area (Å²) in [6, 6.07) is 12.7. The summed E-state index contributed by atoms with van der Waals surface area (Å²) in [6.07, 6.45) is 1.52. The van der Waals surface area contributed by atoms with Gasteiger partial charge in [-0.15, -0.1) is 0 Å². The van der Waals surface area contributed by atoms with Gasteiger partial charge in [0.25, 0.3) is 0 Å². The lowest BCUT2D eigenvalue weighted by Gasteiger charge is -2.11. The van der Waals surface area contributed by atoms with Crippen LogP contribution in [0.4, 0.5) is 5.95 Å². The maximum Gasteiger partial charge on any atom is 0.221 e. The molecule has 0 spiro atoms. The van der Waals surface area contributed by atoms with E-state index in [4.69, 9.17) is 32.7 Å². The smallest absolute Gasteiger partial charge is 0.221 e. The minimum Gasteiger partial charge on any atom is -0.494 e. The quantitative estimate of drug-likeness (QED) is 0.313. The number of nitrogens with two attached hydrogens (primary N) is 2. The van der Waals surface area contributed by atoms with Crippen LogP contribution in [0.3, 0.4) is 0 Å². The van der Waals surface area contributed by atoms with E-state index in [1.165, 1.54) is 13.3 Å². The summed E-state index contributed by atoms with van der Waals surface area (Å²) in [5.41, 5.74) is 9.47. The minimum atomic E-state index is 0.0537. The Hall–Kier alpha value is -3.56. The van der Waals surface area contributed by atoms with Crippen molar-refractivity contribution < 1.29 is 9.47 Å². The highest BCUT2D eigenvalue weighted by Crippen LogP contribution is 2.35. The van der Waals surface area contributed by atoms with E-state index in [9.17, 15) is 0 Å². The molecule has 2 heterocycles. The molecule has 0 fully saturated rings. The minimum absolute atomic E-state index is 0.0537. The monoisotopic (exact) mass is 439 g/mol. The summed E-state index contributed by atoms with van der Waals surface area (Å²) in [4.78, 5) is 17.4. The fraction of sp³-hybridized carbons (Fsp3) is 0.190. The van der Waals surface area contributed by atoms with Crippen molar-refractivity contribution in [2.75, 3.05) is 20.0 Å². The van der Waals surface area contributed by atoms with Gasteiger partial charge in [-0.1, -0.05) is 23.7 Å². The lowest BCUT2D eigenvalue weighted by molar-refractivity contribution is 0.181. The van der Waals surface area contributed by atoms with Gasteiger partial charge in [-0.25, -0.2) is 9.97 Å². The van der Waals surface area contributed by atoms with Gasteiger partial charge in [-0.05, 0) is 30.3 Å². The molecule has 0 radical (unpaired) electrons. The maximum atomic E-state index is 6.23. The van der Waals surface area contributed by atoms with Crippen molar-refractivity contribution in [3.8, 4) is 17.0 Å². The molecule has 0 aliphatic carbocycles. The van der Waals surface area contributed by atoms with E-state index in [2.05, 4.69) is 25.0 Å². The third kappa shape index (κ3) is 5.53. The first-order valence-corrected chi connectivity index (χ1v) is 9.62. The van der Waals surface area contributed by atoms with Gasteiger partial charge in [-0.3, -0.25) is 9.98 Å². The van der Waals surface area contributed by atoms with Crippen LogP contribution in [0.1, 0.15) is 17.1 Å². The number of hydrazone groups is 1. The van der Waals surface area contributed by atoms with E-state index < -0.39 is 0 Å². The molecule has 2 aromatic heterocycles. The maximum absolute atomic E-state index is 6.23. The number of anilines is 1. The molecular formula is C21H22ClN7O2. The highest BCUT2D eigenvalue weighted by molar-refractivity contribution is 6.37. The largest absolute Gasteiger partial charge is 0.494 e. The van der Waals surface area contributed by atoms with Gasteiger partial charge < -0.3 is 21.1 Å². The molecule has 0 atom stereocenters. The molecule has 3 aromatic rings. The number of hydrogen-bond donors (Lipinski definition) is 2. The van der Waals surface area contributed by atoms with Crippen LogP contribution in [0, 0.1) is 0 Å². The summed E-state index contributed by atoms with van der Waals surface area (Å²) in [5, 5.41) is 4.25. The average Bonchev–Trinajstić information content (AvgIpc) is 2.76. The first-order chi connectivity index (χ1) is 15.0. The molecule has 160 valence electrons. The molecule has 0 aliphatic heterocycles. The SMILES string of the molecule is COCc1cccc(CN=CC(=NN)c2cc(-c3cccc(Cl)c3OC)nc(N)n2)n1. The number of aromatic nitrogens is 3. The van der Waals surface area contributed by atoms with Crippen molar-refractivity contribution in [2.24, 2.45) is 15.9 Å². The molecule has 9 nitrogen and oxygen atoms in total. The summed E-state index contributed by atoms with van der Waals surface area (Å²) in [5.74, 6) is 6.12. The van der Waals surface area contributed by atoms with Crippen LogP contribution in [0.5, 0.6) is 5.75 Å². The zero-order valence-corrected chi connectivity index (χ0v) is 17.9. The van der Waals surface area contributed by atoms with E-state index >= 15 is 0 Å². The normalized spacial score (nSPS) is 11.8. The van der Waals surface area contributed by atoms with Crippen molar-refractivity contribution in [3.63, 3.8) is 0 Å². The number of pyridine rings is 1. The van der Waals surface area contributed by atoms with Crippen LogP contribution in [0.25, 0.3) is 11.3 Å². The van der Waals surface area contributed by atoms with E-state index in [1.54, 1.807) is 25.3 Å². The lowest BCUT2D eigenvalue weighted by atomic mass is 10.1. The second-order valence-electron chi connectivity index (χ2n) is 6.35. The van der Waals surface area contributed by atoms with Gasteiger partial charge >= 0.3 is 0 Å². The standard InChI is InChI=1S/C21H22ClN7O2/c1-30-12-14-6-3-5-13(26-14)10-25-11-19(29-24)18-9-17(27-21(23)28-18)15-7-4-8-16(22)20(15)31-2/h3-9,11H,10,12,24H2,1-2H3,(H2,23,27,28). The highest BCUT2D eigenvalue weighted by atomic mass is 35.5. The Bertz CT molecular complexity index is 1120. The third-order valence-corrected chi connectivity index (χ3v) is 4.51. The van der Waals surface area contributed by atoms with Crippen molar-refractivity contribution in [1.29, 1.82) is 0 Å². The number of halogens is 1. The molecule has 0 amide bonds. The molecule has 0 saturated carbocycles. The zero-order valence-electron chi connectivity index (χ0n) is 17.1. The van der Waals surface area contributed by atoms with Gasteiger partial charge in [0.15, 0.2) is 0 Å². The zero-order chi connectivity index (χ0) is 22.2. The second kappa shape index (κ2) is 10.5. The Morgan fingerprint density at radius 1 is 1.10 bits per heavy atom. The summed E-state index contributed by atoms with van der Waals surface area (Å²) < 4.78 is 10.5. The summed E-state index contributed by atoms with van der Waals surface area (Å²) in [6.45, 7) is 0.773. The number of rotatable bonds is 8. The Morgan fingerprint density at radius 2 is 1.87 bits per heavy atom. The van der Waals surface area contributed by atoms with E-state index in [1.807, 2.05) is 24.3 Å². The Morgan fingerprint density at radius 3 is 2.61 bits per heavy atom. The first-order valence-electron chi connectivity index (χ1n) is 9.25. The van der Waals surface area contributed by atoms with Crippen LogP contribution in [-0.4, -0.2) is 41.1 Å². The van der Waals surface area contributed by atoms with Gasteiger partial charge in [0, 0.05) is 12.7 Å². The lowest BCUT2D eigenvalue weighted by Crippen LogP contribution is -2.12. The number of benzene rings is 1. The number of methoxy groups -OCH3 is 2. The molecule has 4 N–H and O–H groups in total. The average molecular weight is 440 g/mol. The van der Waals surface area contributed by atoms with E-state index in [0.717, 1.165) is 11.4 Å². The predicted molar refractivity (Wildman–Crippen MR) is 121 cm³/mol. The van der Waals surface area contributed by atoms with Crippen molar-refractivity contribution in [1.82, 2.24) is 15.0 Å². The Balaban J connectivity index is 1.87. The fourth-order valence-electron chi connectivity index (χ4n) is 2.89. The predicted octanol–water partition coefficient (Wildman–Crippen LogP) is 2.86. The number of aliphatic imine (C=N–C) groups is 1. The van der Waals surface area contributed by atoms with Gasteiger partial charge in [0.2, 0.25) is 5.95 Å². The Kier molecular flexibility index (Phi) is 7.47. The molecule has 1 aromatic carbocycles. The molecular weight excluding hydrogens is 418 g/mol. The number of nitrogens with zero attached hydrogens (tertiary/aromatic N) is 5. The molecule has 10 heteroatoms. The van der Waals surface area contributed by atoms with Crippen molar-refractivity contribution in [3.05, 3.63) is 64.6 Å². The van der Waals surface area contributed by atoms with E-state index in [0.29, 0.717) is 46.6 Å². The van der Waals surface area contributed by atoms with Crippen LogP contribution in [-0.2, 0) is 17.9 Å². The Labute approximate surface area is 184 Å².